The summed E-state index contributed by atoms with van der Waals surface area (Å²) in [5.74, 6) is 0. The number of anilines is 2. The van der Waals surface area contributed by atoms with E-state index in [2.05, 4.69) is 41.5 Å². The monoisotopic (exact) mass is 1070 g/mol. The Bertz CT molecular complexity index is 3630. The van der Waals surface area contributed by atoms with E-state index in [1.54, 1.807) is 30.3 Å². The third-order valence-electron chi connectivity index (χ3n) is 12.8. The van der Waals surface area contributed by atoms with Crippen molar-refractivity contribution in [2.45, 2.75) is 52.3 Å². The molecule has 6 aromatic carbocycles. The predicted molar refractivity (Wildman–Crippen MR) is 294 cm³/mol. The van der Waals surface area contributed by atoms with Gasteiger partial charge in [0, 0.05) is 94.2 Å². The third kappa shape index (κ3) is 14.8. The normalized spacial score (nSPS) is 10.9. The molecule has 9 aromatic rings. The second kappa shape index (κ2) is 26.0. The zero-order valence-electron chi connectivity index (χ0n) is 42.6. The number of nitrogens with zero attached hydrogens (tertiary/aromatic N) is 1. The van der Waals surface area contributed by atoms with Crippen LogP contribution in [0.2, 0.25) is 0 Å². The van der Waals surface area contributed by atoms with E-state index in [-0.39, 0.29) is 56.6 Å². The number of aromatic nitrogens is 3. The lowest BCUT2D eigenvalue weighted by Crippen LogP contribution is -2.27. The highest BCUT2D eigenvalue weighted by Gasteiger charge is 2.17. The number of aromatic amines is 3. The molecule has 3 aromatic heterocycles. The van der Waals surface area contributed by atoms with Crippen LogP contribution in [0.5, 0.6) is 0 Å². The number of nitro groups is 1. The molecule has 0 spiro atoms. The topological polar surface area (TPSA) is 282 Å². The van der Waals surface area contributed by atoms with Crippen molar-refractivity contribution in [2.24, 2.45) is 0 Å². The smallest absolute Gasteiger partial charge is 0.411 e. The maximum Gasteiger partial charge on any atom is 0.411 e. The van der Waals surface area contributed by atoms with Crippen LogP contribution < -0.4 is 26.6 Å². The number of fused-ring (bicyclic) bond motifs is 3. The summed E-state index contributed by atoms with van der Waals surface area (Å²) in [4.78, 5) is 85.4. The molecule has 79 heavy (non-hydrogen) atoms. The number of carbonyl (C=O) groups is 5. The number of non-ortho nitro benzene ring substituents is 1. The van der Waals surface area contributed by atoms with Crippen molar-refractivity contribution < 1.29 is 52.6 Å². The van der Waals surface area contributed by atoms with Gasteiger partial charge in [-0.2, -0.15) is 0 Å². The molecule has 0 aliphatic carbocycles. The number of para-hydroxylation sites is 3. The van der Waals surface area contributed by atoms with E-state index in [4.69, 9.17) is 23.7 Å². The van der Waals surface area contributed by atoms with Crippen molar-refractivity contribution in [2.75, 3.05) is 30.3 Å². The maximum absolute atomic E-state index is 13.5. The molecule has 404 valence electrons. The highest BCUT2D eigenvalue weighted by molar-refractivity contribution is 5.88. The Hall–Kier alpha value is -10.3. The van der Waals surface area contributed by atoms with E-state index in [1.165, 1.54) is 30.3 Å². The van der Waals surface area contributed by atoms with Crippen LogP contribution in [0.3, 0.4) is 0 Å². The third-order valence-corrected chi connectivity index (χ3v) is 12.8. The van der Waals surface area contributed by atoms with Crippen molar-refractivity contribution in [3.05, 3.63) is 207 Å². The first kappa shape index (κ1) is 53.5. The van der Waals surface area contributed by atoms with Crippen LogP contribution in [0.25, 0.3) is 32.7 Å². The molecule has 0 unspecified atom stereocenters. The fourth-order valence-electron chi connectivity index (χ4n) is 8.76. The molecule has 8 N–H and O–H groups in total. The molecule has 5 amide bonds. The van der Waals surface area contributed by atoms with E-state index >= 15 is 0 Å². The molecule has 0 atom stereocenters. The van der Waals surface area contributed by atoms with Crippen molar-refractivity contribution in [3.63, 3.8) is 0 Å². The van der Waals surface area contributed by atoms with E-state index in [0.29, 0.717) is 60.2 Å². The number of hydrogen-bond acceptors (Lipinski definition) is 12. The summed E-state index contributed by atoms with van der Waals surface area (Å²) in [6.07, 6.45) is 3.60. The van der Waals surface area contributed by atoms with Crippen LogP contribution in [0.1, 0.15) is 44.5 Å². The van der Waals surface area contributed by atoms with Gasteiger partial charge in [0.1, 0.15) is 33.0 Å². The summed E-state index contributed by atoms with van der Waals surface area (Å²) >= 11 is 0. The van der Waals surface area contributed by atoms with E-state index in [9.17, 15) is 34.1 Å². The van der Waals surface area contributed by atoms with Crippen LogP contribution in [0.4, 0.5) is 41.0 Å². The van der Waals surface area contributed by atoms with E-state index in [0.717, 1.165) is 49.4 Å². The minimum Gasteiger partial charge on any atom is -0.445 e. The number of carbonyl (C=O) groups excluding carboxylic acids is 5. The van der Waals surface area contributed by atoms with Gasteiger partial charge < -0.3 is 54.6 Å². The SMILES string of the molecule is O=C(NCCc1c[nH]c2ccccc12)OCc1ccc(NC(=O)OCc2ccc(NC(=O)OCc3ccc([N+](=O)[O-])cc3)c(COC(=O)NCCc3c[nH]c4ccccc34)c2)c(COC(=O)NCCc2c[nH]c3ccccc23)c1. The number of hydrogen-bond donors (Lipinski definition) is 8. The first-order chi connectivity index (χ1) is 38.5. The molecule has 21 nitrogen and oxygen atoms in total. The number of ether oxygens (including phenoxy) is 5. The molecule has 0 saturated carbocycles. The number of alkyl carbamates (subject to hydrolysis) is 3. The lowest BCUT2D eigenvalue weighted by molar-refractivity contribution is -0.384. The zero-order chi connectivity index (χ0) is 54.9. The van der Waals surface area contributed by atoms with Crippen LogP contribution in [0, 0.1) is 10.1 Å². The van der Waals surface area contributed by atoms with Crippen LogP contribution in [-0.4, -0.2) is 70.0 Å². The Morgan fingerprint density at radius 1 is 0.405 bits per heavy atom. The highest BCUT2D eigenvalue weighted by Crippen LogP contribution is 2.25. The summed E-state index contributed by atoms with van der Waals surface area (Å²) in [5.41, 5.74) is 8.66. The zero-order valence-corrected chi connectivity index (χ0v) is 42.6. The summed E-state index contributed by atoms with van der Waals surface area (Å²) in [6.45, 7) is -0.266. The highest BCUT2D eigenvalue weighted by atomic mass is 16.6. The van der Waals surface area contributed by atoms with Gasteiger partial charge in [-0.1, -0.05) is 66.7 Å². The molecule has 0 fully saturated rings. The Balaban J connectivity index is 0.822. The van der Waals surface area contributed by atoms with Gasteiger partial charge in [0.05, 0.1) is 16.3 Å². The van der Waals surface area contributed by atoms with Gasteiger partial charge in [0.25, 0.3) is 5.69 Å². The van der Waals surface area contributed by atoms with Crippen molar-refractivity contribution in [1.82, 2.24) is 30.9 Å². The molecule has 0 saturated heterocycles. The van der Waals surface area contributed by atoms with Gasteiger partial charge in [0.2, 0.25) is 0 Å². The fourth-order valence-corrected chi connectivity index (χ4v) is 8.76. The Labute approximate surface area is 451 Å². The first-order valence-corrected chi connectivity index (χ1v) is 25.2. The molecule has 0 radical (unpaired) electrons. The second-order valence-corrected chi connectivity index (χ2v) is 18.1. The summed E-state index contributed by atoms with van der Waals surface area (Å²) in [6, 6.07) is 38.7. The molecular formula is C58H55N9O12. The van der Waals surface area contributed by atoms with Gasteiger partial charge >= 0.3 is 30.5 Å². The first-order valence-electron chi connectivity index (χ1n) is 25.2. The molecule has 3 heterocycles. The average molecular weight is 1070 g/mol. The second-order valence-electron chi connectivity index (χ2n) is 18.1. The predicted octanol–water partition coefficient (Wildman–Crippen LogP) is 10.9. The van der Waals surface area contributed by atoms with Gasteiger partial charge in [0.15, 0.2) is 0 Å². The lowest BCUT2D eigenvalue weighted by Gasteiger charge is -2.16. The molecule has 0 bridgehead atoms. The molecule has 0 aliphatic heterocycles. The summed E-state index contributed by atoms with van der Waals surface area (Å²) < 4.78 is 27.7. The van der Waals surface area contributed by atoms with Gasteiger partial charge in [-0.15, -0.1) is 0 Å². The van der Waals surface area contributed by atoms with Crippen LogP contribution in [0.15, 0.2) is 152 Å². The van der Waals surface area contributed by atoms with Gasteiger partial charge in [-0.3, -0.25) is 20.7 Å². The number of amides is 5. The number of rotatable bonds is 22. The number of H-pyrrole nitrogens is 3. The minimum atomic E-state index is -0.868. The number of benzene rings is 6. The van der Waals surface area contributed by atoms with Gasteiger partial charge in [-0.25, -0.2) is 24.0 Å². The molecule has 21 heteroatoms. The van der Waals surface area contributed by atoms with E-state index in [1.807, 2.05) is 91.4 Å². The van der Waals surface area contributed by atoms with Gasteiger partial charge in [-0.05, 0) is 107 Å². The molecule has 0 aliphatic rings. The van der Waals surface area contributed by atoms with Crippen molar-refractivity contribution >= 4 is 80.2 Å². The Morgan fingerprint density at radius 3 is 1.14 bits per heavy atom. The standard InChI is InChI=1S/C58H55N9O12/c68-54(59-24-21-40-29-62-51-10-4-1-7-46(40)51)75-33-38-15-19-50(43(27-38)35-78-55(69)60-25-22-41-30-63-52-11-5-2-8-47(41)52)66-58(72)77-34-39-16-20-49(65-57(71)76-32-37-13-17-45(18-14-37)67(73)74)44(28-39)36-79-56(70)61-26-23-42-31-64-53-12-6-3-9-48(42)53/h1-20,27-31,62-64H,21-26,32-36H2,(H,59,68)(H,60,69)(H,61,70)(H,65,71)(H,66,72). The van der Waals surface area contributed by atoms with Crippen molar-refractivity contribution in [1.29, 1.82) is 0 Å². The lowest BCUT2D eigenvalue weighted by atomic mass is 10.1. The Morgan fingerprint density at radius 2 is 0.747 bits per heavy atom. The largest absolute Gasteiger partial charge is 0.445 e. The van der Waals surface area contributed by atoms with Crippen molar-refractivity contribution in [3.8, 4) is 0 Å². The quantitative estimate of drug-likeness (QED) is 0.0179. The average Bonchev–Trinajstić information content (AvgIpc) is 4.22. The van der Waals surface area contributed by atoms with Crippen LogP contribution in [-0.2, 0) is 76.0 Å². The van der Waals surface area contributed by atoms with E-state index < -0.39 is 35.4 Å². The molecular weight excluding hydrogens is 1010 g/mol. The number of nitrogens with one attached hydrogen (secondary N) is 8. The van der Waals surface area contributed by atoms with Crippen LogP contribution >= 0.6 is 0 Å². The summed E-state index contributed by atoms with van der Waals surface area (Å²) in [5, 5.41) is 27.9. The maximum atomic E-state index is 13.5. The molecule has 9 rings (SSSR count). The number of nitro benzene ring substituents is 1. The fraction of sp³-hybridized carbons (Fsp3) is 0.190. The summed E-state index contributed by atoms with van der Waals surface area (Å²) in [7, 11) is 0. The Kier molecular flexibility index (Phi) is 17.6. The minimum absolute atomic E-state index is 0.112.